The van der Waals surface area contributed by atoms with E-state index < -0.39 is 5.97 Å². The van der Waals surface area contributed by atoms with E-state index in [0.29, 0.717) is 35.2 Å². The quantitative estimate of drug-likeness (QED) is 0.621. The summed E-state index contributed by atoms with van der Waals surface area (Å²) in [6.07, 6.45) is -0.0723. The van der Waals surface area contributed by atoms with Crippen LogP contribution in [0.25, 0.3) is 22.2 Å². The Bertz CT molecular complexity index is 1060. The van der Waals surface area contributed by atoms with Gasteiger partial charge in [-0.15, -0.1) is 0 Å². The molecule has 0 unspecified atom stereocenters. The van der Waals surface area contributed by atoms with E-state index in [1.807, 2.05) is 68.4 Å². The van der Waals surface area contributed by atoms with Gasteiger partial charge in [0.25, 0.3) is 5.91 Å². The maximum atomic E-state index is 12.9. The maximum absolute atomic E-state index is 12.9. The van der Waals surface area contributed by atoms with Crippen molar-refractivity contribution in [3.63, 3.8) is 0 Å². The zero-order valence-electron chi connectivity index (χ0n) is 17.1. The van der Waals surface area contributed by atoms with Crippen LogP contribution in [0.3, 0.4) is 0 Å². The van der Waals surface area contributed by atoms with Crippen molar-refractivity contribution >= 4 is 22.8 Å². The van der Waals surface area contributed by atoms with Crippen molar-refractivity contribution < 1.29 is 19.1 Å². The molecule has 2 aromatic carbocycles. The molecule has 2 heterocycles. The highest BCUT2D eigenvalue weighted by Crippen LogP contribution is 2.25. The van der Waals surface area contributed by atoms with Gasteiger partial charge in [-0.2, -0.15) is 0 Å². The van der Waals surface area contributed by atoms with Crippen LogP contribution in [0.1, 0.15) is 24.2 Å². The molecule has 4 rings (SSSR count). The number of benzene rings is 2. The van der Waals surface area contributed by atoms with Gasteiger partial charge in [0.05, 0.1) is 29.0 Å². The van der Waals surface area contributed by atoms with Gasteiger partial charge >= 0.3 is 5.97 Å². The summed E-state index contributed by atoms with van der Waals surface area (Å²) in [5.74, 6) is -0.750. The summed E-state index contributed by atoms with van der Waals surface area (Å²) in [7, 11) is 0. The van der Waals surface area contributed by atoms with E-state index in [9.17, 15) is 9.59 Å². The molecule has 1 aliphatic heterocycles. The largest absolute Gasteiger partial charge is 0.452 e. The number of pyridine rings is 1. The zero-order chi connectivity index (χ0) is 21.1. The number of nitrogens with zero attached hydrogens (tertiary/aromatic N) is 2. The predicted molar refractivity (Wildman–Crippen MR) is 114 cm³/mol. The average molecular weight is 404 g/mol. The van der Waals surface area contributed by atoms with Crippen LogP contribution >= 0.6 is 0 Å². The smallest absolute Gasteiger partial charge is 0.339 e. The van der Waals surface area contributed by atoms with Crippen molar-refractivity contribution in [2.45, 2.75) is 26.1 Å². The number of carbonyl (C=O) groups is 2. The molecule has 6 nitrogen and oxygen atoms in total. The van der Waals surface area contributed by atoms with Crippen LogP contribution in [-0.2, 0) is 14.3 Å². The Hall–Kier alpha value is -3.25. The molecule has 6 heteroatoms. The Morgan fingerprint density at radius 1 is 1.03 bits per heavy atom. The second-order valence-electron chi connectivity index (χ2n) is 7.57. The van der Waals surface area contributed by atoms with Crippen molar-refractivity contribution in [1.82, 2.24) is 9.88 Å². The summed E-state index contributed by atoms with van der Waals surface area (Å²) < 4.78 is 11.1. The molecule has 1 amide bonds. The molecule has 0 aliphatic carbocycles. The van der Waals surface area contributed by atoms with Crippen LogP contribution in [0, 0.1) is 0 Å². The highest BCUT2D eigenvalue weighted by molar-refractivity contribution is 6.05. The van der Waals surface area contributed by atoms with Gasteiger partial charge in [-0.05, 0) is 26.0 Å². The first-order valence-corrected chi connectivity index (χ1v) is 10.1. The highest BCUT2D eigenvalue weighted by atomic mass is 16.5. The summed E-state index contributed by atoms with van der Waals surface area (Å²) in [6, 6.07) is 18.8. The topological polar surface area (TPSA) is 68.7 Å². The second-order valence-corrected chi connectivity index (χ2v) is 7.57. The number of aromatic nitrogens is 1. The number of para-hydroxylation sites is 1. The molecule has 154 valence electrons. The fraction of sp³-hybridized carbons (Fsp3) is 0.292. The molecular formula is C24H24N2O4. The molecule has 0 radical (unpaired) electrons. The van der Waals surface area contributed by atoms with Crippen LogP contribution in [0.2, 0.25) is 0 Å². The van der Waals surface area contributed by atoms with Gasteiger partial charge in [-0.3, -0.25) is 4.79 Å². The molecule has 0 N–H and O–H groups in total. The van der Waals surface area contributed by atoms with Crippen LogP contribution in [0.15, 0.2) is 60.7 Å². The van der Waals surface area contributed by atoms with Crippen molar-refractivity contribution in [3.05, 3.63) is 66.2 Å². The molecule has 1 aliphatic rings. The van der Waals surface area contributed by atoms with E-state index >= 15 is 0 Å². The van der Waals surface area contributed by atoms with E-state index in [1.165, 1.54) is 0 Å². The van der Waals surface area contributed by atoms with Gasteiger partial charge in [0.15, 0.2) is 6.61 Å². The summed E-state index contributed by atoms with van der Waals surface area (Å²) >= 11 is 0. The monoisotopic (exact) mass is 404 g/mol. The normalized spacial score (nSPS) is 18.9. The molecule has 3 aromatic rings. The lowest BCUT2D eigenvalue weighted by atomic mass is 10.0. The first-order valence-electron chi connectivity index (χ1n) is 10.1. The van der Waals surface area contributed by atoms with Crippen LogP contribution in [0.4, 0.5) is 0 Å². The van der Waals surface area contributed by atoms with E-state index in [2.05, 4.69) is 4.98 Å². The highest BCUT2D eigenvalue weighted by Gasteiger charge is 2.26. The Morgan fingerprint density at radius 2 is 1.70 bits per heavy atom. The number of amides is 1. The Kier molecular flexibility index (Phi) is 5.77. The van der Waals surface area contributed by atoms with Crippen LogP contribution < -0.4 is 0 Å². The zero-order valence-corrected chi connectivity index (χ0v) is 17.1. The first kappa shape index (κ1) is 20.0. The molecule has 0 spiro atoms. The number of morpholine rings is 1. The van der Waals surface area contributed by atoms with Gasteiger partial charge in [-0.1, -0.05) is 48.5 Å². The third-order valence-corrected chi connectivity index (χ3v) is 5.10. The summed E-state index contributed by atoms with van der Waals surface area (Å²) in [4.78, 5) is 31.8. The molecule has 1 fully saturated rings. The minimum Gasteiger partial charge on any atom is -0.452 e. The van der Waals surface area contributed by atoms with Crippen LogP contribution in [-0.4, -0.2) is 53.7 Å². The Labute approximate surface area is 175 Å². The van der Waals surface area contributed by atoms with Gasteiger partial charge in [0, 0.05) is 24.0 Å². The van der Waals surface area contributed by atoms with Crippen molar-refractivity contribution in [3.8, 4) is 11.3 Å². The van der Waals surface area contributed by atoms with Gasteiger partial charge < -0.3 is 14.4 Å². The third-order valence-electron chi connectivity index (χ3n) is 5.10. The molecule has 1 saturated heterocycles. The lowest BCUT2D eigenvalue weighted by Crippen LogP contribution is -2.49. The summed E-state index contributed by atoms with van der Waals surface area (Å²) in [5, 5.41) is 0.697. The average Bonchev–Trinajstić information content (AvgIpc) is 2.76. The second kappa shape index (κ2) is 8.63. The fourth-order valence-corrected chi connectivity index (χ4v) is 3.78. The maximum Gasteiger partial charge on any atom is 0.339 e. The number of carbonyl (C=O) groups excluding carboxylic acids is 2. The number of esters is 1. The number of rotatable bonds is 4. The number of fused-ring (bicyclic) bond motifs is 1. The third kappa shape index (κ3) is 4.33. The van der Waals surface area contributed by atoms with Gasteiger partial charge in [0.1, 0.15) is 0 Å². The molecule has 2 atom stereocenters. The minimum atomic E-state index is -0.534. The Morgan fingerprint density at radius 3 is 2.43 bits per heavy atom. The Balaban J connectivity index is 1.56. The van der Waals surface area contributed by atoms with Crippen molar-refractivity contribution in [2.75, 3.05) is 19.7 Å². The molecular weight excluding hydrogens is 380 g/mol. The van der Waals surface area contributed by atoms with Gasteiger partial charge in [-0.25, -0.2) is 9.78 Å². The van der Waals surface area contributed by atoms with Crippen molar-refractivity contribution in [1.29, 1.82) is 0 Å². The van der Waals surface area contributed by atoms with E-state index in [1.54, 1.807) is 11.0 Å². The minimum absolute atomic E-state index is 0.0361. The standard InChI is InChI=1S/C24H24N2O4/c1-16-13-26(14-17(2)30-16)23(27)15-29-24(28)20-12-22(18-8-4-3-5-9-18)25-21-11-7-6-10-19(20)21/h3-12,16-17H,13-15H2,1-2H3/t16-,17-/m1/s1. The molecule has 0 bridgehead atoms. The van der Waals surface area contributed by atoms with E-state index in [0.717, 1.165) is 5.56 Å². The first-order chi connectivity index (χ1) is 14.5. The fourth-order valence-electron chi connectivity index (χ4n) is 3.78. The SMILES string of the molecule is C[C@@H]1CN(C(=O)COC(=O)c2cc(-c3ccccc3)nc3ccccc23)C[C@@H](C)O1. The molecule has 30 heavy (non-hydrogen) atoms. The summed E-state index contributed by atoms with van der Waals surface area (Å²) in [5.41, 5.74) is 2.69. The van der Waals surface area contributed by atoms with Crippen LogP contribution in [0.5, 0.6) is 0 Å². The number of hydrogen-bond donors (Lipinski definition) is 0. The van der Waals surface area contributed by atoms with E-state index in [-0.39, 0.29) is 24.7 Å². The van der Waals surface area contributed by atoms with Gasteiger partial charge in [0.2, 0.25) is 0 Å². The number of hydrogen-bond acceptors (Lipinski definition) is 5. The van der Waals surface area contributed by atoms with E-state index in [4.69, 9.17) is 9.47 Å². The summed E-state index contributed by atoms with van der Waals surface area (Å²) in [6.45, 7) is 4.55. The lowest BCUT2D eigenvalue weighted by molar-refractivity contribution is -0.146. The molecule has 1 aromatic heterocycles. The number of ether oxygens (including phenoxy) is 2. The lowest BCUT2D eigenvalue weighted by Gasteiger charge is -2.35. The molecule has 0 saturated carbocycles. The predicted octanol–water partition coefficient (Wildman–Crippen LogP) is 3.69. The van der Waals surface area contributed by atoms with Crippen molar-refractivity contribution in [2.24, 2.45) is 0 Å².